The fraction of sp³-hybridized carbons (Fsp3) is 0.541. The van der Waals surface area contributed by atoms with Gasteiger partial charge in [-0.05, 0) is 62.8 Å². The first kappa shape index (κ1) is 35.6. The van der Waals surface area contributed by atoms with Crippen LogP contribution in [0.15, 0.2) is 48.0 Å². The number of fused-ring (bicyclic) bond motifs is 2. The molecule has 1 aromatic carbocycles. The van der Waals surface area contributed by atoms with Crippen molar-refractivity contribution in [2.24, 2.45) is 5.92 Å². The number of allylic oxidation sites excluding steroid dienone is 1. The molecule has 2 aliphatic carbocycles. The Labute approximate surface area is 306 Å². The molecule has 3 aromatic rings. The number of thiazole rings is 1. The molecule has 7 rings (SSSR count). The number of carbonyl (C=O) groups is 4. The average molecular weight is 731 g/mol. The van der Waals surface area contributed by atoms with Crippen LogP contribution in [0.5, 0.6) is 5.75 Å². The van der Waals surface area contributed by atoms with Crippen molar-refractivity contribution in [2.45, 2.75) is 107 Å². The molecule has 0 bridgehead atoms. The maximum Gasteiger partial charge on any atom is 0.330 e. The number of carboxylic acids is 1. The molecule has 14 nitrogen and oxygen atoms in total. The molecule has 0 radical (unpaired) electrons. The Bertz CT molecular complexity index is 1790. The number of aromatic nitrogens is 4. The van der Waals surface area contributed by atoms with Crippen LogP contribution in [0.3, 0.4) is 0 Å². The van der Waals surface area contributed by atoms with Gasteiger partial charge in [0.1, 0.15) is 39.8 Å². The fourth-order valence-corrected chi connectivity index (χ4v) is 8.41. The molecule has 3 fully saturated rings. The number of carbonyl (C=O) groups excluding carboxylic acids is 3. The minimum Gasteiger partial charge on any atom is -0.497 e. The summed E-state index contributed by atoms with van der Waals surface area (Å²) in [5, 5.41) is 31.4. The molecule has 2 aromatic heterocycles. The predicted octanol–water partition coefficient (Wildman–Crippen LogP) is 4.70. The van der Waals surface area contributed by atoms with Gasteiger partial charge < -0.3 is 30.7 Å². The third-order valence-electron chi connectivity index (χ3n) is 10.8. The van der Waals surface area contributed by atoms with E-state index in [0.29, 0.717) is 35.0 Å². The van der Waals surface area contributed by atoms with E-state index >= 15 is 0 Å². The van der Waals surface area contributed by atoms with E-state index in [0.717, 1.165) is 56.9 Å². The number of aliphatic carboxylic acids is 1. The maximum absolute atomic E-state index is 14.6. The number of carboxylic acid groups (broad SMARTS) is 1. The van der Waals surface area contributed by atoms with Crippen molar-refractivity contribution in [1.82, 2.24) is 40.8 Å². The topological polar surface area (TPSA) is 181 Å². The number of ether oxygens (including phenoxy) is 1. The molecule has 2 saturated carbocycles. The number of amides is 4. The summed E-state index contributed by atoms with van der Waals surface area (Å²) < 4.78 is 5.35. The van der Waals surface area contributed by atoms with Gasteiger partial charge >= 0.3 is 12.0 Å². The number of urea groups is 1. The van der Waals surface area contributed by atoms with Crippen LogP contribution in [-0.4, -0.2) is 91.1 Å². The third-order valence-corrected chi connectivity index (χ3v) is 11.6. The molecule has 5 atom stereocenters. The predicted molar refractivity (Wildman–Crippen MR) is 193 cm³/mol. The maximum atomic E-state index is 14.6. The number of methoxy groups -OCH3 is 1. The Kier molecular flexibility index (Phi) is 10.6. The quantitative estimate of drug-likeness (QED) is 0.251. The summed E-state index contributed by atoms with van der Waals surface area (Å²) in [4.78, 5) is 62.1. The van der Waals surface area contributed by atoms with Gasteiger partial charge in [-0.2, -0.15) is 9.90 Å². The number of hydrogen-bond donors (Lipinski definition) is 4. The number of nitrogens with zero attached hydrogens (tertiary/aromatic N) is 5. The van der Waals surface area contributed by atoms with E-state index in [-0.39, 0.29) is 43.3 Å². The SMILES string of the molecule is COc1ccc(-c2nn([C@@H]3C[C@H]4C(=O)N[C@@]5(C(=O)O)C[C@H]5/C=C\CCCCC[C@H](NC(=O)NC5CCCCC5)C(=O)N4C3)nc2-c2nccs2)cc1. The van der Waals surface area contributed by atoms with Crippen LogP contribution in [-0.2, 0) is 14.4 Å². The van der Waals surface area contributed by atoms with Gasteiger partial charge in [0.15, 0.2) is 0 Å². The second-order valence-electron chi connectivity index (χ2n) is 14.3. The van der Waals surface area contributed by atoms with Crippen molar-refractivity contribution in [3.63, 3.8) is 0 Å². The van der Waals surface area contributed by atoms with Gasteiger partial charge in [-0.25, -0.2) is 14.6 Å². The molecular weight excluding hydrogens is 685 g/mol. The van der Waals surface area contributed by atoms with Gasteiger partial charge in [0.05, 0.1) is 13.2 Å². The van der Waals surface area contributed by atoms with Gasteiger partial charge in [0.25, 0.3) is 0 Å². The molecule has 1 saturated heterocycles. The lowest BCUT2D eigenvalue weighted by molar-refractivity contribution is -0.145. The van der Waals surface area contributed by atoms with Crippen LogP contribution in [0, 0.1) is 5.92 Å². The first-order valence-corrected chi connectivity index (χ1v) is 19.2. The molecule has 4 heterocycles. The second kappa shape index (κ2) is 15.4. The minimum absolute atomic E-state index is 0.0594. The zero-order valence-corrected chi connectivity index (χ0v) is 30.1. The summed E-state index contributed by atoms with van der Waals surface area (Å²) in [5.74, 6) is -1.66. The molecule has 4 amide bonds. The van der Waals surface area contributed by atoms with Crippen molar-refractivity contribution in [3.05, 3.63) is 48.0 Å². The average Bonchev–Trinajstić information content (AvgIpc) is 3.60. The van der Waals surface area contributed by atoms with Crippen LogP contribution in [0.1, 0.15) is 83.1 Å². The van der Waals surface area contributed by atoms with Gasteiger partial charge in [-0.1, -0.05) is 44.3 Å². The monoisotopic (exact) mass is 730 g/mol. The summed E-state index contributed by atoms with van der Waals surface area (Å²) in [7, 11) is 1.60. The summed E-state index contributed by atoms with van der Waals surface area (Å²) >= 11 is 1.43. The van der Waals surface area contributed by atoms with Gasteiger partial charge in [0.2, 0.25) is 11.8 Å². The highest BCUT2D eigenvalue weighted by Crippen LogP contribution is 2.46. The number of nitrogens with one attached hydrogen (secondary N) is 3. The van der Waals surface area contributed by atoms with E-state index in [1.54, 1.807) is 18.1 Å². The molecule has 276 valence electrons. The highest BCUT2D eigenvalue weighted by atomic mass is 32.1. The standard InChI is InChI=1S/C37H46N8O6S/c1-51-27-16-14-23(15-17-27)30-31(33-38-18-19-52-33)43-45(42-30)26-20-29-32(46)41-37(35(48)49)21-24(37)10-6-3-2-4-9-13-28(34(47)44(29)22-26)40-36(50)39-25-11-7-5-8-12-25/h6,10,14-19,24-26,28-29H,2-5,7-9,11-13,20-22H2,1H3,(H,41,46)(H,48,49)(H2,39,40,50)/b10-6-/t24-,26-,28+,29+,37+/m1/s1. The molecule has 4 aliphatic rings. The molecule has 52 heavy (non-hydrogen) atoms. The van der Waals surface area contributed by atoms with Gasteiger partial charge in [0, 0.05) is 42.1 Å². The van der Waals surface area contributed by atoms with Crippen molar-refractivity contribution in [3.8, 4) is 27.7 Å². The van der Waals surface area contributed by atoms with Crippen LogP contribution in [0.25, 0.3) is 22.0 Å². The van der Waals surface area contributed by atoms with E-state index < -0.39 is 35.5 Å². The van der Waals surface area contributed by atoms with Crippen LogP contribution in [0.4, 0.5) is 4.79 Å². The van der Waals surface area contributed by atoms with Crippen molar-refractivity contribution < 1.29 is 29.0 Å². The highest BCUT2D eigenvalue weighted by molar-refractivity contribution is 7.13. The lowest BCUT2D eigenvalue weighted by Crippen LogP contribution is -2.57. The first-order chi connectivity index (χ1) is 25.3. The lowest BCUT2D eigenvalue weighted by atomic mass is 9.96. The molecule has 2 aliphatic heterocycles. The molecule has 4 N–H and O–H groups in total. The van der Waals surface area contributed by atoms with Crippen LogP contribution >= 0.6 is 11.3 Å². The van der Waals surface area contributed by atoms with E-state index in [1.807, 2.05) is 41.8 Å². The number of rotatable bonds is 7. The van der Waals surface area contributed by atoms with Crippen molar-refractivity contribution >= 4 is 35.2 Å². The smallest absolute Gasteiger partial charge is 0.330 e. The number of benzene rings is 1. The fourth-order valence-electron chi connectivity index (χ4n) is 7.79. The van der Waals surface area contributed by atoms with Crippen LogP contribution in [0.2, 0.25) is 0 Å². The highest BCUT2D eigenvalue weighted by Gasteiger charge is 2.61. The zero-order valence-electron chi connectivity index (χ0n) is 29.3. The normalized spacial score (nSPS) is 27.7. The summed E-state index contributed by atoms with van der Waals surface area (Å²) in [6.45, 7) is 0.0940. The lowest BCUT2D eigenvalue weighted by Gasteiger charge is -2.30. The zero-order chi connectivity index (χ0) is 36.2. The second-order valence-corrected chi connectivity index (χ2v) is 15.2. The van der Waals surface area contributed by atoms with E-state index in [1.165, 1.54) is 16.2 Å². The summed E-state index contributed by atoms with van der Waals surface area (Å²) in [6, 6.07) is 4.73. The molecule has 0 spiro atoms. The third kappa shape index (κ3) is 7.55. The van der Waals surface area contributed by atoms with Gasteiger partial charge in [-0.15, -0.1) is 16.4 Å². The Morgan fingerprint density at radius 1 is 1.00 bits per heavy atom. The van der Waals surface area contributed by atoms with Crippen molar-refractivity contribution in [1.29, 1.82) is 0 Å². The molecule has 0 unspecified atom stereocenters. The summed E-state index contributed by atoms with van der Waals surface area (Å²) in [5.41, 5.74) is 0.524. The van der Waals surface area contributed by atoms with Gasteiger partial charge in [-0.3, -0.25) is 9.59 Å². The Balaban J connectivity index is 1.20. The largest absolute Gasteiger partial charge is 0.497 e. The Morgan fingerprint density at radius 3 is 2.48 bits per heavy atom. The van der Waals surface area contributed by atoms with E-state index in [2.05, 4.69) is 20.9 Å². The Hall–Kier alpha value is -4.79. The summed E-state index contributed by atoms with van der Waals surface area (Å²) in [6.07, 6.45) is 14.7. The van der Waals surface area contributed by atoms with E-state index in [4.69, 9.17) is 14.9 Å². The van der Waals surface area contributed by atoms with E-state index in [9.17, 15) is 24.3 Å². The molecular formula is C37H46N8O6S. The number of hydrogen-bond acceptors (Lipinski definition) is 9. The minimum atomic E-state index is -1.43. The Morgan fingerprint density at radius 2 is 1.75 bits per heavy atom. The van der Waals surface area contributed by atoms with Crippen LogP contribution < -0.4 is 20.7 Å². The van der Waals surface area contributed by atoms with Crippen molar-refractivity contribution in [2.75, 3.05) is 13.7 Å². The first-order valence-electron chi connectivity index (χ1n) is 18.4. The molecule has 15 heteroatoms.